The average Bonchev–Trinajstić information content (AvgIpc) is 2.50. The molecule has 0 amide bonds. The minimum absolute atomic E-state index is 0.110. The van der Waals surface area contributed by atoms with Crippen molar-refractivity contribution in [3.05, 3.63) is 59.7 Å². The summed E-state index contributed by atoms with van der Waals surface area (Å²) >= 11 is 0. The van der Waals surface area contributed by atoms with Gasteiger partial charge in [0, 0.05) is 5.41 Å². The molecule has 0 saturated carbocycles. The SMILES string of the molecule is C=O.CCC(C)(c1ccc(O)cc1)c1ccc(O)cc1. The van der Waals surface area contributed by atoms with Gasteiger partial charge >= 0.3 is 0 Å². The minimum Gasteiger partial charge on any atom is -0.508 e. The van der Waals surface area contributed by atoms with Gasteiger partial charge in [-0.3, -0.25) is 0 Å². The number of benzene rings is 2. The highest BCUT2D eigenvalue weighted by atomic mass is 16.3. The monoisotopic (exact) mass is 272 g/mol. The molecule has 20 heavy (non-hydrogen) atoms. The number of hydrogen-bond donors (Lipinski definition) is 2. The van der Waals surface area contributed by atoms with Crippen LogP contribution < -0.4 is 0 Å². The third-order valence-corrected chi connectivity index (χ3v) is 3.72. The maximum atomic E-state index is 9.37. The number of carbonyl (C=O) groups is 1. The van der Waals surface area contributed by atoms with Gasteiger partial charge < -0.3 is 15.0 Å². The lowest BCUT2D eigenvalue weighted by Gasteiger charge is -2.29. The Kier molecular flexibility index (Phi) is 5.32. The van der Waals surface area contributed by atoms with Crippen molar-refractivity contribution in [3.63, 3.8) is 0 Å². The van der Waals surface area contributed by atoms with Gasteiger partial charge in [0.25, 0.3) is 0 Å². The fourth-order valence-corrected chi connectivity index (χ4v) is 2.23. The third kappa shape index (κ3) is 3.18. The zero-order chi connectivity index (χ0) is 15.2. The van der Waals surface area contributed by atoms with Crippen LogP contribution in [-0.4, -0.2) is 17.0 Å². The van der Waals surface area contributed by atoms with E-state index in [0.29, 0.717) is 0 Å². The fourth-order valence-electron chi connectivity index (χ4n) is 2.23. The topological polar surface area (TPSA) is 57.5 Å². The fraction of sp³-hybridized carbons (Fsp3) is 0.235. The van der Waals surface area contributed by atoms with Crippen molar-refractivity contribution in [2.75, 3.05) is 0 Å². The summed E-state index contributed by atoms with van der Waals surface area (Å²) in [6, 6.07) is 14.6. The molecule has 2 aromatic rings. The van der Waals surface area contributed by atoms with Crippen LogP contribution in [0, 0.1) is 0 Å². The minimum atomic E-state index is -0.110. The van der Waals surface area contributed by atoms with E-state index in [9.17, 15) is 10.2 Å². The van der Waals surface area contributed by atoms with E-state index in [4.69, 9.17) is 4.79 Å². The lowest BCUT2D eigenvalue weighted by molar-refractivity contribution is -0.0979. The molecule has 0 saturated heterocycles. The summed E-state index contributed by atoms with van der Waals surface area (Å²) in [6.07, 6.45) is 0.947. The number of carbonyl (C=O) groups excluding carboxylic acids is 1. The van der Waals surface area contributed by atoms with Crippen molar-refractivity contribution in [2.45, 2.75) is 25.7 Å². The van der Waals surface area contributed by atoms with Crippen molar-refractivity contribution >= 4 is 6.79 Å². The van der Waals surface area contributed by atoms with Gasteiger partial charge in [0.15, 0.2) is 0 Å². The predicted octanol–water partition coefficient (Wildman–Crippen LogP) is 3.63. The summed E-state index contributed by atoms with van der Waals surface area (Å²) < 4.78 is 0. The first kappa shape index (κ1) is 15.8. The van der Waals surface area contributed by atoms with Crippen LogP contribution in [0.25, 0.3) is 0 Å². The summed E-state index contributed by atoms with van der Waals surface area (Å²) in [6.45, 7) is 6.31. The van der Waals surface area contributed by atoms with Gasteiger partial charge in [0.05, 0.1) is 0 Å². The quantitative estimate of drug-likeness (QED) is 0.897. The van der Waals surface area contributed by atoms with Crippen LogP contribution >= 0.6 is 0 Å². The molecule has 106 valence electrons. The summed E-state index contributed by atoms with van der Waals surface area (Å²) in [5.41, 5.74) is 2.21. The molecule has 3 nitrogen and oxygen atoms in total. The Morgan fingerprint density at radius 3 is 1.40 bits per heavy atom. The third-order valence-electron chi connectivity index (χ3n) is 3.72. The Balaban J connectivity index is 0.000000956. The van der Waals surface area contributed by atoms with Crippen LogP contribution in [0.15, 0.2) is 48.5 Å². The van der Waals surface area contributed by atoms with E-state index in [1.54, 1.807) is 24.3 Å². The van der Waals surface area contributed by atoms with Crippen molar-refractivity contribution in [3.8, 4) is 11.5 Å². The van der Waals surface area contributed by atoms with Crippen LogP contribution in [-0.2, 0) is 10.2 Å². The summed E-state index contributed by atoms with van der Waals surface area (Å²) in [5.74, 6) is 0.561. The van der Waals surface area contributed by atoms with Crippen LogP contribution in [0.5, 0.6) is 11.5 Å². The van der Waals surface area contributed by atoms with Crippen LogP contribution in [0.3, 0.4) is 0 Å². The highest BCUT2D eigenvalue weighted by Crippen LogP contribution is 2.36. The van der Waals surface area contributed by atoms with E-state index < -0.39 is 0 Å². The first-order chi connectivity index (χ1) is 9.56. The number of aromatic hydroxyl groups is 2. The van der Waals surface area contributed by atoms with Gasteiger partial charge in [0.2, 0.25) is 0 Å². The van der Waals surface area contributed by atoms with Gasteiger partial charge in [-0.2, -0.15) is 0 Å². The molecular weight excluding hydrogens is 252 g/mol. The molecule has 0 atom stereocenters. The summed E-state index contributed by atoms with van der Waals surface area (Å²) in [7, 11) is 0. The molecule has 2 aromatic carbocycles. The lowest BCUT2D eigenvalue weighted by Crippen LogP contribution is -2.22. The normalized spacial score (nSPS) is 10.5. The highest BCUT2D eigenvalue weighted by Gasteiger charge is 2.26. The Labute approximate surface area is 119 Å². The number of rotatable bonds is 3. The Bertz CT molecular complexity index is 484. The number of hydrogen-bond acceptors (Lipinski definition) is 3. The molecule has 0 aliphatic carbocycles. The highest BCUT2D eigenvalue weighted by molar-refractivity contribution is 5.41. The Morgan fingerprint density at radius 1 is 0.850 bits per heavy atom. The zero-order valence-corrected chi connectivity index (χ0v) is 11.8. The van der Waals surface area contributed by atoms with Gasteiger partial charge in [-0.25, -0.2) is 0 Å². The maximum absolute atomic E-state index is 9.37. The molecule has 2 rings (SSSR count). The van der Waals surface area contributed by atoms with Crippen LogP contribution in [0.1, 0.15) is 31.4 Å². The van der Waals surface area contributed by atoms with E-state index in [1.165, 1.54) is 0 Å². The smallest absolute Gasteiger partial charge is 0.115 e. The van der Waals surface area contributed by atoms with E-state index in [0.717, 1.165) is 17.5 Å². The molecule has 0 aliphatic heterocycles. The molecule has 0 spiro atoms. The van der Waals surface area contributed by atoms with Crippen molar-refractivity contribution < 1.29 is 15.0 Å². The lowest BCUT2D eigenvalue weighted by atomic mass is 9.74. The molecular formula is C17H20O3. The first-order valence-corrected chi connectivity index (χ1v) is 6.44. The first-order valence-electron chi connectivity index (χ1n) is 6.44. The van der Waals surface area contributed by atoms with Gasteiger partial charge in [-0.15, -0.1) is 0 Å². The predicted molar refractivity (Wildman–Crippen MR) is 80.1 cm³/mol. The number of phenols is 2. The molecule has 0 aliphatic rings. The Hall–Kier alpha value is -2.29. The van der Waals surface area contributed by atoms with E-state index in [-0.39, 0.29) is 16.9 Å². The van der Waals surface area contributed by atoms with Crippen molar-refractivity contribution in [2.24, 2.45) is 0 Å². The second-order valence-electron chi connectivity index (χ2n) is 4.78. The number of phenolic OH excluding ortho intramolecular Hbond substituents is 2. The Morgan fingerprint density at radius 2 is 1.15 bits per heavy atom. The largest absolute Gasteiger partial charge is 0.508 e. The van der Waals surface area contributed by atoms with Crippen LogP contribution in [0.2, 0.25) is 0 Å². The molecule has 3 heteroatoms. The van der Waals surface area contributed by atoms with E-state index in [2.05, 4.69) is 13.8 Å². The van der Waals surface area contributed by atoms with Crippen LogP contribution in [0.4, 0.5) is 0 Å². The van der Waals surface area contributed by atoms with Gasteiger partial charge in [0.1, 0.15) is 18.3 Å². The summed E-state index contributed by atoms with van der Waals surface area (Å²) in [4.78, 5) is 8.00. The van der Waals surface area contributed by atoms with E-state index in [1.807, 2.05) is 31.1 Å². The molecule has 0 unspecified atom stereocenters. The van der Waals surface area contributed by atoms with Crippen molar-refractivity contribution in [1.29, 1.82) is 0 Å². The van der Waals surface area contributed by atoms with Gasteiger partial charge in [-0.05, 0) is 41.8 Å². The van der Waals surface area contributed by atoms with Gasteiger partial charge in [-0.1, -0.05) is 38.1 Å². The zero-order valence-electron chi connectivity index (χ0n) is 11.8. The molecule has 0 bridgehead atoms. The second kappa shape index (κ2) is 6.75. The molecule has 0 radical (unpaired) electrons. The summed E-state index contributed by atoms with van der Waals surface area (Å²) in [5, 5.41) is 18.7. The second-order valence-corrected chi connectivity index (χ2v) is 4.78. The molecule has 2 N–H and O–H groups in total. The average molecular weight is 272 g/mol. The maximum Gasteiger partial charge on any atom is 0.115 e. The molecule has 0 heterocycles. The van der Waals surface area contributed by atoms with E-state index >= 15 is 0 Å². The molecule has 0 aromatic heterocycles. The van der Waals surface area contributed by atoms with Crippen molar-refractivity contribution in [1.82, 2.24) is 0 Å². The molecule has 0 fully saturated rings. The standard InChI is InChI=1S/C16H18O2.CH2O/c1-3-16(2,12-4-8-14(17)9-5-12)13-6-10-15(18)11-7-13;1-2/h4-11,17-18H,3H2,1-2H3;1H2.